The lowest BCUT2D eigenvalue weighted by Gasteiger charge is -2.61. The predicted octanol–water partition coefficient (Wildman–Crippen LogP) is 5.53. The maximum atomic E-state index is 11.5. The van der Waals surface area contributed by atoms with Crippen LogP contribution < -0.4 is 0 Å². The van der Waals surface area contributed by atoms with Gasteiger partial charge in [-0.3, -0.25) is 9.59 Å². The summed E-state index contributed by atoms with van der Waals surface area (Å²) in [5, 5.41) is 0. The Balaban J connectivity index is 1.50. The van der Waals surface area contributed by atoms with E-state index in [4.69, 9.17) is 9.47 Å². The van der Waals surface area contributed by atoms with Crippen molar-refractivity contribution < 1.29 is 19.1 Å². The molecule has 0 amide bonds. The van der Waals surface area contributed by atoms with Gasteiger partial charge < -0.3 is 9.47 Å². The van der Waals surface area contributed by atoms with E-state index in [1.807, 2.05) is 0 Å². The van der Waals surface area contributed by atoms with Crippen LogP contribution >= 0.6 is 0 Å². The van der Waals surface area contributed by atoms with Crippen LogP contribution in [-0.2, 0) is 19.1 Å². The van der Waals surface area contributed by atoms with Crippen molar-refractivity contribution in [2.45, 2.75) is 105 Å². The number of carbonyl (C=O) groups excluding carboxylic acids is 2. The zero-order valence-corrected chi connectivity index (χ0v) is 19.0. The van der Waals surface area contributed by atoms with Crippen LogP contribution in [0.3, 0.4) is 0 Å². The molecule has 29 heavy (non-hydrogen) atoms. The fourth-order valence-electron chi connectivity index (χ4n) is 8.72. The van der Waals surface area contributed by atoms with Gasteiger partial charge in [0.2, 0.25) is 0 Å². The van der Waals surface area contributed by atoms with Crippen LogP contribution in [-0.4, -0.2) is 24.1 Å². The highest BCUT2D eigenvalue weighted by Gasteiger charge is 2.61. The predicted molar refractivity (Wildman–Crippen MR) is 112 cm³/mol. The minimum atomic E-state index is -0.143. The van der Waals surface area contributed by atoms with Gasteiger partial charge in [0.05, 0.1) is 0 Å². The van der Waals surface area contributed by atoms with E-state index in [0.717, 1.165) is 30.6 Å². The van der Waals surface area contributed by atoms with Gasteiger partial charge in [0.1, 0.15) is 12.2 Å². The second kappa shape index (κ2) is 7.57. The minimum absolute atomic E-state index is 0.0325. The number of esters is 2. The number of fused-ring (bicyclic) bond motifs is 5. The molecule has 0 heterocycles. The topological polar surface area (TPSA) is 52.6 Å². The molecule has 0 aromatic rings. The molecule has 0 N–H and O–H groups in total. The lowest BCUT2D eigenvalue weighted by atomic mass is 9.44. The van der Waals surface area contributed by atoms with Gasteiger partial charge >= 0.3 is 11.9 Å². The molecule has 0 spiro atoms. The van der Waals surface area contributed by atoms with Crippen LogP contribution in [0.15, 0.2) is 0 Å². The summed E-state index contributed by atoms with van der Waals surface area (Å²) in [6, 6.07) is 0. The van der Waals surface area contributed by atoms with Crippen molar-refractivity contribution >= 4 is 11.9 Å². The summed E-state index contributed by atoms with van der Waals surface area (Å²) in [4.78, 5) is 23.0. The molecule has 1 unspecified atom stereocenters. The van der Waals surface area contributed by atoms with Gasteiger partial charge in [0.25, 0.3) is 0 Å². The zero-order valence-electron chi connectivity index (χ0n) is 19.0. The van der Waals surface area contributed by atoms with Gasteiger partial charge in [-0.05, 0) is 99.2 Å². The molecule has 0 aromatic heterocycles. The van der Waals surface area contributed by atoms with E-state index in [9.17, 15) is 9.59 Å². The number of rotatable bonds is 3. The van der Waals surface area contributed by atoms with E-state index in [-0.39, 0.29) is 24.1 Å². The van der Waals surface area contributed by atoms with Gasteiger partial charge in [-0.25, -0.2) is 0 Å². The first-order valence-corrected chi connectivity index (χ1v) is 12.0. The smallest absolute Gasteiger partial charge is 0.302 e. The second-order valence-corrected chi connectivity index (χ2v) is 11.2. The largest absolute Gasteiger partial charge is 0.463 e. The van der Waals surface area contributed by atoms with Crippen LogP contribution in [0.5, 0.6) is 0 Å². The average Bonchev–Trinajstić information content (AvgIpc) is 2.98. The quantitative estimate of drug-likeness (QED) is 0.581. The Labute approximate surface area is 176 Å². The molecule has 4 aliphatic carbocycles. The summed E-state index contributed by atoms with van der Waals surface area (Å²) in [5.41, 5.74) is 0.717. The Hall–Kier alpha value is -1.06. The van der Waals surface area contributed by atoms with E-state index in [1.165, 1.54) is 51.9 Å². The molecule has 4 saturated carbocycles. The fourth-order valence-corrected chi connectivity index (χ4v) is 8.72. The summed E-state index contributed by atoms with van der Waals surface area (Å²) in [7, 11) is 0. The average molecular weight is 405 g/mol. The molecule has 4 nitrogen and oxygen atoms in total. The Morgan fingerprint density at radius 3 is 2.24 bits per heavy atom. The highest BCUT2D eigenvalue weighted by molar-refractivity contribution is 5.66. The number of carbonyl (C=O) groups is 2. The maximum absolute atomic E-state index is 11.5. The molecule has 9 atom stereocenters. The first kappa shape index (κ1) is 21.2. The third kappa shape index (κ3) is 3.53. The van der Waals surface area contributed by atoms with Crippen molar-refractivity contribution in [3.8, 4) is 0 Å². The van der Waals surface area contributed by atoms with Crippen LogP contribution in [0.1, 0.15) is 92.4 Å². The monoisotopic (exact) mass is 404 g/mol. The van der Waals surface area contributed by atoms with E-state index in [1.54, 1.807) is 6.92 Å². The summed E-state index contributed by atoms with van der Waals surface area (Å²) >= 11 is 0. The molecular weight excluding hydrogens is 364 g/mol. The molecule has 0 aliphatic heterocycles. The zero-order chi connectivity index (χ0) is 21.0. The molecule has 4 heteroatoms. The SMILES string of the molecule is CC(=O)O[C@H]1CC[C@@]2(C)[C@@H](CC[C@@H]3[C@@H]2CC[C@]2(C)C([C@H](C)OC(C)=O)CC[C@@H]32)C1. The van der Waals surface area contributed by atoms with Gasteiger partial charge in [0.15, 0.2) is 0 Å². The number of ether oxygens (including phenoxy) is 2. The van der Waals surface area contributed by atoms with Crippen molar-refractivity contribution in [2.75, 3.05) is 0 Å². The lowest BCUT2D eigenvalue weighted by Crippen LogP contribution is -2.54. The van der Waals surface area contributed by atoms with Crippen molar-refractivity contribution in [3.05, 3.63) is 0 Å². The van der Waals surface area contributed by atoms with Gasteiger partial charge in [-0.2, -0.15) is 0 Å². The van der Waals surface area contributed by atoms with E-state index in [0.29, 0.717) is 22.7 Å². The highest BCUT2D eigenvalue weighted by atomic mass is 16.5. The Bertz CT molecular complexity index is 659. The molecule has 0 bridgehead atoms. The molecule has 0 radical (unpaired) electrons. The van der Waals surface area contributed by atoms with Crippen LogP contribution in [0.25, 0.3) is 0 Å². The maximum Gasteiger partial charge on any atom is 0.302 e. The van der Waals surface area contributed by atoms with E-state index in [2.05, 4.69) is 20.8 Å². The first-order chi connectivity index (χ1) is 13.6. The molecule has 164 valence electrons. The van der Waals surface area contributed by atoms with Crippen molar-refractivity contribution in [1.82, 2.24) is 0 Å². The number of hydrogen-bond acceptors (Lipinski definition) is 4. The first-order valence-electron chi connectivity index (χ1n) is 12.0. The van der Waals surface area contributed by atoms with Gasteiger partial charge in [0, 0.05) is 19.8 Å². The molecule has 0 aromatic carbocycles. The molecule has 4 aliphatic rings. The Kier molecular flexibility index (Phi) is 5.53. The van der Waals surface area contributed by atoms with E-state index < -0.39 is 0 Å². The van der Waals surface area contributed by atoms with Gasteiger partial charge in [-0.15, -0.1) is 0 Å². The summed E-state index contributed by atoms with van der Waals surface area (Å²) < 4.78 is 11.3. The number of hydrogen-bond donors (Lipinski definition) is 0. The van der Waals surface area contributed by atoms with Crippen molar-refractivity contribution in [2.24, 2.45) is 40.4 Å². The van der Waals surface area contributed by atoms with Gasteiger partial charge in [-0.1, -0.05) is 13.8 Å². The molecular formula is C25H40O4. The Morgan fingerprint density at radius 1 is 0.862 bits per heavy atom. The molecule has 4 fully saturated rings. The summed E-state index contributed by atoms with van der Waals surface area (Å²) in [5.74, 6) is 3.32. The normalized spacial score (nSPS) is 47.3. The standard InChI is InChI=1S/C25H40O4/c1-15(28-16(2)26)21-8-9-22-20-7-6-18-14-19(29-17(3)27)10-12-24(18,4)23(20)11-13-25(21,22)5/h15,18-23H,6-14H2,1-5H3/t15-,18-,19-,20-,21?,22-,23-,24-,25+/m0/s1. The highest BCUT2D eigenvalue weighted by Crippen LogP contribution is 2.68. The van der Waals surface area contributed by atoms with Crippen molar-refractivity contribution in [3.63, 3.8) is 0 Å². The third-order valence-electron chi connectivity index (χ3n) is 9.94. The third-order valence-corrected chi connectivity index (χ3v) is 9.94. The van der Waals surface area contributed by atoms with Crippen LogP contribution in [0.2, 0.25) is 0 Å². The second-order valence-electron chi connectivity index (χ2n) is 11.2. The van der Waals surface area contributed by atoms with Crippen LogP contribution in [0, 0.1) is 40.4 Å². The summed E-state index contributed by atoms with van der Waals surface area (Å²) in [6.07, 6.45) is 11.2. The summed E-state index contributed by atoms with van der Waals surface area (Å²) in [6.45, 7) is 10.2. The Morgan fingerprint density at radius 2 is 1.55 bits per heavy atom. The lowest BCUT2D eigenvalue weighted by molar-refractivity contribution is -0.164. The minimum Gasteiger partial charge on any atom is -0.463 e. The fraction of sp³-hybridized carbons (Fsp3) is 0.920. The van der Waals surface area contributed by atoms with Crippen LogP contribution in [0.4, 0.5) is 0 Å². The molecule has 4 rings (SSSR count). The van der Waals surface area contributed by atoms with E-state index >= 15 is 0 Å². The van der Waals surface area contributed by atoms with Crippen molar-refractivity contribution in [1.29, 1.82) is 0 Å². The molecule has 0 saturated heterocycles.